The van der Waals surface area contributed by atoms with Crippen molar-refractivity contribution in [2.45, 2.75) is 58.1 Å². The zero-order valence-electron chi connectivity index (χ0n) is 23.5. The molecule has 1 amide bonds. The molecule has 12 nitrogen and oxygen atoms in total. The average molecular weight is 612 g/mol. The predicted molar refractivity (Wildman–Crippen MR) is 154 cm³/mol. The number of imidazole rings is 1. The summed E-state index contributed by atoms with van der Waals surface area (Å²) in [5, 5.41) is 2.57. The van der Waals surface area contributed by atoms with E-state index >= 15 is 4.39 Å². The van der Waals surface area contributed by atoms with Gasteiger partial charge in [0, 0.05) is 13.8 Å². The number of ether oxygens (including phenoxy) is 2. The van der Waals surface area contributed by atoms with E-state index in [2.05, 4.69) is 20.3 Å². The van der Waals surface area contributed by atoms with E-state index in [4.69, 9.17) is 18.5 Å². The van der Waals surface area contributed by atoms with Gasteiger partial charge in [-0.1, -0.05) is 60.7 Å². The highest BCUT2D eigenvalue weighted by atomic mass is 31.2. The van der Waals surface area contributed by atoms with Crippen LogP contribution in [0.25, 0.3) is 11.2 Å². The zero-order valence-corrected chi connectivity index (χ0v) is 24.4. The molecule has 1 N–H and O–H groups in total. The quantitative estimate of drug-likeness (QED) is 0.172. The van der Waals surface area contributed by atoms with Crippen LogP contribution in [-0.4, -0.2) is 55.9 Å². The molecule has 0 bridgehead atoms. The van der Waals surface area contributed by atoms with E-state index < -0.39 is 38.2 Å². The first-order chi connectivity index (χ1) is 20.7. The summed E-state index contributed by atoms with van der Waals surface area (Å²) in [5.74, 6) is -0.900. The first-order valence-corrected chi connectivity index (χ1v) is 15.3. The third-order valence-corrected chi connectivity index (χ3v) is 8.57. The van der Waals surface area contributed by atoms with Gasteiger partial charge in [0.05, 0.1) is 31.8 Å². The Morgan fingerprint density at radius 3 is 2.19 bits per heavy atom. The molecule has 4 atom stereocenters. The molecular formula is C29H31FN5O7P. The highest BCUT2D eigenvalue weighted by molar-refractivity contribution is 7.53. The molecule has 2 aromatic carbocycles. The van der Waals surface area contributed by atoms with Gasteiger partial charge >= 0.3 is 13.6 Å². The summed E-state index contributed by atoms with van der Waals surface area (Å²) in [5.41, 5.74) is 2.08. The number of rotatable bonds is 12. The van der Waals surface area contributed by atoms with Gasteiger partial charge in [0.25, 0.3) is 0 Å². The van der Waals surface area contributed by atoms with Crippen molar-refractivity contribution in [3.8, 4) is 0 Å². The lowest BCUT2D eigenvalue weighted by molar-refractivity contribution is -0.154. The lowest BCUT2D eigenvalue weighted by Crippen LogP contribution is -2.32. The Bertz CT molecular complexity index is 1560. The maximum absolute atomic E-state index is 15.9. The van der Waals surface area contributed by atoms with E-state index in [9.17, 15) is 14.2 Å². The first kappa shape index (κ1) is 30.4. The Labute approximate surface area is 247 Å². The number of hydrogen-bond acceptors (Lipinski definition) is 10. The summed E-state index contributed by atoms with van der Waals surface area (Å²) in [6.45, 7) is 2.57. The highest BCUT2D eigenvalue weighted by Gasteiger charge is 2.49. The molecule has 1 aliphatic rings. The van der Waals surface area contributed by atoms with Gasteiger partial charge in [-0.3, -0.25) is 18.7 Å². The van der Waals surface area contributed by atoms with Crippen molar-refractivity contribution in [1.29, 1.82) is 0 Å². The largest absolute Gasteiger partial charge is 0.454 e. The highest BCUT2D eigenvalue weighted by Crippen LogP contribution is 2.51. The second-order valence-electron chi connectivity index (χ2n) is 9.95. The SMILES string of the molecule is CC(=O)Nc1ncnc2c1ncn2C1OC(CCP(=O)(OCc2ccccc2)OCc2ccccc2)C(F)C1OC(C)=O. The summed E-state index contributed by atoms with van der Waals surface area (Å²) in [4.78, 5) is 36.1. The molecular weight excluding hydrogens is 580 g/mol. The summed E-state index contributed by atoms with van der Waals surface area (Å²) in [7, 11) is -3.75. The molecule has 0 radical (unpaired) electrons. The van der Waals surface area contributed by atoms with Gasteiger partial charge in [0.1, 0.15) is 6.33 Å². The molecule has 3 heterocycles. The Morgan fingerprint density at radius 1 is 0.977 bits per heavy atom. The van der Waals surface area contributed by atoms with Crippen LogP contribution in [0.4, 0.5) is 10.2 Å². The zero-order chi connectivity index (χ0) is 30.4. The summed E-state index contributed by atoms with van der Waals surface area (Å²) in [6.07, 6.45) is -3.06. The molecule has 4 aromatic rings. The smallest absolute Gasteiger partial charge is 0.331 e. The molecule has 0 saturated carbocycles. The normalized spacial score (nSPS) is 20.3. The standard InChI is InChI=1S/C29H31FN5O7P/c1-19(36)34-27-25-28(32-17-31-27)35(18-33-25)29-26(41-20(2)37)24(30)23(42-29)13-14-43(38,39-15-21-9-5-3-6-10-21)40-16-22-11-7-4-8-12-22/h3-12,17-18,23-24,26,29H,13-16H2,1-2H3,(H,31,32,34,36). The van der Waals surface area contributed by atoms with E-state index in [-0.39, 0.29) is 48.7 Å². The van der Waals surface area contributed by atoms with E-state index in [1.165, 1.54) is 31.1 Å². The van der Waals surface area contributed by atoms with Crippen molar-refractivity contribution >= 4 is 36.5 Å². The van der Waals surface area contributed by atoms with Crippen LogP contribution in [0.1, 0.15) is 37.6 Å². The lowest BCUT2D eigenvalue weighted by atomic mass is 10.1. The van der Waals surface area contributed by atoms with Crippen LogP contribution in [0.15, 0.2) is 73.3 Å². The monoisotopic (exact) mass is 611 g/mol. The second kappa shape index (κ2) is 13.5. The second-order valence-corrected chi connectivity index (χ2v) is 12.1. The minimum atomic E-state index is -3.75. The molecule has 43 heavy (non-hydrogen) atoms. The molecule has 5 rings (SSSR count). The fourth-order valence-corrected chi connectivity index (χ4v) is 6.30. The third kappa shape index (κ3) is 7.49. The van der Waals surface area contributed by atoms with Crippen molar-refractivity contribution in [2.24, 2.45) is 0 Å². The van der Waals surface area contributed by atoms with Crippen LogP contribution in [0.2, 0.25) is 0 Å². The first-order valence-electron chi connectivity index (χ1n) is 13.6. The van der Waals surface area contributed by atoms with Crippen molar-refractivity contribution in [1.82, 2.24) is 19.5 Å². The van der Waals surface area contributed by atoms with E-state index in [0.717, 1.165) is 11.1 Å². The number of carbonyl (C=O) groups excluding carboxylic acids is 2. The maximum atomic E-state index is 15.9. The number of alkyl halides is 1. The Morgan fingerprint density at radius 2 is 1.60 bits per heavy atom. The average Bonchev–Trinajstić information content (AvgIpc) is 3.56. The molecule has 1 aliphatic heterocycles. The number of nitrogens with one attached hydrogen (secondary N) is 1. The van der Waals surface area contributed by atoms with Gasteiger partial charge in [-0.15, -0.1) is 0 Å². The number of fused-ring (bicyclic) bond motifs is 1. The molecule has 14 heteroatoms. The van der Waals surface area contributed by atoms with Crippen molar-refractivity contribution < 1.29 is 37.1 Å². The van der Waals surface area contributed by atoms with Gasteiger partial charge in [-0.25, -0.2) is 19.3 Å². The van der Waals surface area contributed by atoms with Gasteiger partial charge in [0.15, 0.2) is 35.5 Å². The molecule has 2 aromatic heterocycles. The van der Waals surface area contributed by atoms with Gasteiger partial charge in [-0.05, 0) is 17.5 Å². The number of anilines is 1. The molecule has 4 unspecified atom stereocenters. The molecule has 1 saturated heterocycles. The number of aromatic nitrogens is 4. The Hall–Kier alpha value is -4.03. The van der Waals surface area contributed by atoms with E-state index in [1.54, 1.807) is 0 Å². The fraction of sp³-hybridized carbons (Fsp3) is 0.345. The molecule has 226 valence electrons. The lowest BCUT2D eigenvalue weighted by Gasteiger charge is -2.21. The summed E-state index contributed by atoms with van der Waals surface area (Å²) < 4.78 is 54.3. The Balaban J connectivity index is 1.35. The number of hydrogen-bond donors (Lipinski definition) is 1. The maximum Gasteiger partial charge on any atom is 0.331 e. The van der Waals surface area contributed by atoms with Gasteiger partial charge in [-0.2, -0.15) is 0 Å². The summed E-state index contributed by atoms with van der Waals surface area (Å²) in [6, 6.07) is 18.4. The molecule has 0 spiro atoms. The topological polar surface area (TPSA) is 144 Å². The van der Waals surface area contributed by atoms with E-state index in [0.29, 0.717) is 0 Å². The minimum absolute atomic E-state index is 0.0353. The van der Waals surface area contributed by atoms with Gasteiger partial charge < -0.3 is 23.8 Å². The fourth-order valence-electron chi connectivity index (χ4n) is 4.71. The van der Waals surface area contributed by atoms with Crippen LogP contribution in [0, 0.1) is 0 Å². The number of esters is 1. The number of nitrogens with zero attached hydrogens (tertiary/aromatic N) is 4. The van der Waals surface area contributed by atoms with Crippen molar-refractivity contribution in [2.75, 3.05) is 11.5 Å². The van der Waals surface area contributed by atoms with Gasteiger partial charge in [0.2, 0.25) is 5.91 Å². The van der Waals surface area contributed by atoms with Crippen LogP contribution in [-0.2, 0) is 45.9 Å². The number of benzene rings is 2. The van der Waals surface area contributed by atoms with E-state index in [1.807, 2.05) is 60.7 Å². The predicted octanol–water partition coefficient (Wildman–Crippen LogP) is 4.97. The molecule has 1 fully saturated rings. The minimum Gasteiger partial charge on any atom is -0.454 e. The van der Waals surface area contributed by atoms with Crippen molar-refractivity contribution in [3.63, 3.8) is 0 Å². The van der Waals surface area contributed by atoms with Crippen LogP contribution in [0.3, 0.4) is 0 Å². The van der Waals surface area contributed by atoms with Crippen LogP contribution in [0.5, 0.6) is 0 Å². The number of halogens is 1. The van der Waals surface area contributed by atoms with Crippen LogP contribution < -0.4 is 5.32 Å². The number of amides is 1. The summed E-state index contributed by atoms with van der Waals surface area (Å²) >= 11 is 0. The van der Waals surface area contributed by atoms with Crippen molar-refractivity contribution in [3.05, 3.63) is 84.4 Å². The number of carbonyl (C=O) groups is 2. The molecule has 0 aliphatic carbocycles. The van der Waals surface area contributed by atoms with Crippen LogP contribution >= 0.6 is 7.60 Å². The third-order valence-electron chi connectivity index (χ3n) is 6.72. The Kier molecular flexibility index (Phi) is 9.56.